The average molecular weight is 287 g/mol. The molecule has 1 aliphatic heterocycles. The van der Waals surface area contributed by atoms with Gasteiger partial charge < -0.3 is 14.2 Å². The van der Waals surface area contributed by atoms with Crippen molar-refractivity contribution in [3.63, 3.8) is 0 Å². The normalized spacial score (nSPS) is 13.8. The molecule has 0 saturated heterocycles. The summed E-state index contributed by atoms with van der Waals surface area (Å²) in [6.07, 6.45) is -0.315. The fourth-order valence-corrected chi connectivity index (χ4v) is 2.11. The first kappa shape index (κ1) is 13.2. The topological polar surface area (TPSA) is 70.8 Å². The van der Waals surface area contributed by atoms with Gasteiger partial charge in [-0.25, -0.2) is 0 Å². The van der Waals surface area contributed by atoms with Crippen molar-refractivity contribution in [1.82, 2.24) is 0 Å². The molecule has 0 spiro atoms. The second kappa shape index (κ2) is 5.32. The summed E-state index contributed by atoms with van der Waals surface area (Å²) in [7, 11) is 0. The number of ether oxygens (including phenoxy) is 3. The van der Waals surface area contributed by atoms with Crippen LogP contribution in [0.5, 0.6) is 17.2 Å². The second-order valence-electron chi connectivity index (χ2n) is 4.63. The van der Waals surface area contributed by atoms with Gasteiger partial charge in [0.05, 0.1) is 4.92 Å². The van der Waals surface area contributed by atoms with Gasteiger partial charge in [0, 0.05) is 18.2 Å². The van der Waals surface area contributed by atoms with E-state index in [9.17, 15) is 10.1 Å². The molecule has 0 unspecified atom stereocenters. The quantitative estimate of drug-likeness (QED) is 0.636. The van der Waals surface area contributed by atoms with E-state index in [1.54, 1.807) is 30.3 Å². The summed E-state index contributed by atoms with van der Waals surface area (Å²) in [6.45, 7) is 2.04. The zero-order valence-electron chi connectivity index (χ0n) is 11.3. The molecule has 2 aromatic carbocycles. The molecule has 0 aliphatic carbocycles. The van der Waals surface area contributed by atoms with Crippen LogP contribution in [0, 0.1) is 10.1 Å². The Hall–Kier alpha value is -2.76. The highest BCUT2D eigenvalue weighted by atomic mass is 16.7. The number of nitrogens with zero attached hydrogens (tertiary/aromatic N) is 1. The van der Waals surface area contributed by atoms with Gasteiger partial charge in [-0.15, -0.1) is 0 Å². The number of hydrogen-bond acceptors (Lipinski definition) is 5. The third-order valence-corrected chi connectivity index (χ3v) is 3.21. The number of benzene rings is 2. The molecule has 0 N–H and O–H groups in total. The Bertz CT molecular complexity index is 686. The summed E-state index contributed by atoms with van der Waals surface area (Å²) >= 11 is 0. The zero-order chi connectivity index (χ0) is 14.8. The zero-order valence-corrected chi connectivity index (χ0v) is 11.3. The molecule has 0 bridgehead atoms. The van der Waals surface area contributed by atoms with Gasteiger partial charge in [0.1, 0.15) is 11.9 Å². The maximum Gasteiger partial charge on any atom is 0.269 e. The third-order valence-electron chi connectivity index (χ3n) is 3.21. The van der Waals surface area contributed by atoms with Crippen molar-refractivity contribution < 1.29 is 19.1 Å². The molecule has 6 nitrogen and oxygen atoms in total. The molecular formula is C15H13NO5. The molecule has 21 heavy (non-hydrogen) atoms. The van der Waals surface area contributed by atoms with Crippen molar-refractivity contribution in [2.45, 2.75) is 13.0 Å². The summed E-state index contributed by atoms with van der Waals surface area (Å²) in [5, 5.41) is 10.8. The lowest BCUT2D eigenvalue weighted by Gasteiger charge is -2.15. The fraction of sp³-hybridized carbons (Fsp3) is 0.200. The molecule has 2 aromatic rings. The van der Waals surface area contributed by atoms with Gasteiger partial charge in [-0.1, -0.05) is 12.1 Å². The largest absolute Gasteiger partial charge is 0.486 e. The van der Waals surface area contributed by atoms with Crippen LogP contribution in [0.1, 0.15) is 18.6 Å². The molecule has 0 amide bonds. The molecule has 6 heteroatoms. The van der Waals surface area contributed by atoms with Crippen LogP contribution in [-0.4, -0.2) is 11.7 Å². The van der Waals surface area contributed by atoms with Gasteiger partial charge in [0.2, 0.25) is 6.79 Å². The number of hydrogen-bond donors (Lipinski definition) is 0. The molecule has 3 rings (SSSR count). The van der Waals surface area contributed by atoms with Gasteiger partial charge in [0.25, 0.3) is 5.69 Å². The van der Waals surface area contributed by atoms with Crippen molar-refractivity contribution in [3.05, 3.63) is 58.1 Å². The van der Waals surface area contributed by atoms with Crippen LogP contribution >= 0.6 is 0 Å². The second-order valence-corrected chi connectivity index (χ2v) is 4.63. The standard InChI is InChI=1S/C15H13NO5/c1-10(11-3-2-4-12(7-11)16(17)18)21-13-5-6-14-15(8-13)20-9-19-14/h2-8,10H,9H2,1H3/t10-/m0/s1. The minimum atomic E-state index is -0.420. The maximum absolute atomic E-state index is 10.8. The highest BCUT2D eigenvalue weighted by Crippen LogP contribution is 2.36. The van der Waals surface area contributed by atoms with Gasteiger partial charge in [-0.3, -0.25) is 10.1 Å². The molecule has 1 heterocycles. The Morgan fingerprint density at radius 1 is 1.19 bits per heavy atom. The summed E-state index contributed by atoms with van der Waals surface area (Å²) in [5.74, 6) is 1.95. The summed E-state index contributed by atoms with van der Waals surface area (Å²) in [6, 6.07) is 11.7. The van der Waals surface area contributed by atoms with Gasteiger partial charge >= 0.3 is 0 Å². The van der Waals surface area contributed by atoms with Crippen LogP contribution < -0.4 is 14.2 Å². The van der Waals surface area contributed by atoms with Crippen LogP contribution in [0.15, 0.2) is 42.5 Å². The van der Waals surface area contributed by atoms with Crippen LogP contribution in [0.3, 0.4) is 0 Å². The highest BCUT2D eigenvalue weighted by molar-refractivity contribution is 5.47. The molecule has 1 aliphatic rings. The van der Waals surface area contributed by atoms with Crippen LogP contribution in [0.25, 0.3) is 0 Å². The number of rotatable bonds is 4. The van der Waals surface area contributed by atoms with Crippen molar-refractivity contribution in [3.8, 4) is 17.2 Å². The Kier molecular flexibility index (Phi) is 3.35. The minimum absolute atomic E-state index is 0.0497. The van der Waals surface area contributed by atoms with Crippen molar-refractivity contribution in [2.24, 2.45) is 0 Å². The lowest BCUT2D eigenvalue weighted by Crippen LogP contribution is -2.03. The van der Waals surface area contributed by atoms with Crippen LogP contribution in [0.2, 0.25) is 0 Å². The summed E-state index contributed by atoms with van der Waals surface area (Å²) in [5.41, 5.74) is 0.788. The van der Waals surface area contributed by atoms with E-state index in [-0.39, 0.29) is 18.6 Å². The lowest BCUT2D eigenvalue weighted by molar-refractivity contribution is -0.385. The Morgan fingerprint density at radius 3 is 2.81 bits per heavy atom. The van der Waals surface area contributed by atoms with Crippen molar-refractivity contribution in [2.75, 3.05) is 6.79 Å². The molecular weight excluding hydrogens is 274 g/mol. The molecule has 108 valence electrons. The van der Waals surface area contributed by atoms with Gasteiger partial charge in [-0.2, -0.15) is 0 Å². The van der Waals surface area contributed by atoms with Crippen molar-refractivity contribution in [1.29, 1.82) is 0 Å². The number of fused-ring (bicyclic) bond motifs is 1. The van der Waals surface area contributed by atoms with E-state index in [2.05, 4.69) is 0 Å². The fourth-order valence-electron chi connectivity index (χ4n) is 2.11. The first-order valence-corrected chi connectivity index (χ1v) is 6.44. The molecule has 0 fully saturated rings. The molecule has 1 atom stereocenters. The number of nitro benzene ring substituents is 1. The first-order valence-electron chi connectivity index (χ1n) is 6.44. The first-order chi connectivity index (χ1) is 10.1. The summed E-state index contributed by atoms with van der Waals surface area (Å²) in [4.78, 5) is 10.4. The van der Waals surface area contributed by atoms with Crippen molar-refractivity contribution >= 4 is 5.69 Å². The predicted octanol–water partition coefficient (Wildman–Crippen LogP) is 3.46. The smallest absolute Gasteiger partial charge is 0.269 e. The van der Waals surface area contributed by atoms with E-state index in [1.165, 1.54) is 12.1 Å². The lowest BCUT2D eigenvalue weighted by atomic mass is 10.1. The van der Waals surface area contributed by atoms with E-state index < -0.39 is 4.92 Å². The van der Waals surface area contributed by atoms with E-state index in [4.69, 9.17) is 14.2 Å². The molecule has 0 aromatic heterocycles. The highest BCUT2D eigenvalue weighted by Gasteiger charge is 2.16. The monoisotopic (exact) mass is 287 g/mol. The Labute approximate surface area is 121 Å². The molecule has 0 radical (unpaired) electrons. The average Bonchev–Trinajstić information content (AvgIpc) is 2.95. The maximum atomic E-state index is 10.8. The van der Waals surface area contributed by atoms with E-state index in [0.717, 1.165) is 5.56 Å². The minimum Gasteiger partial charge on any atom is -0.486 e. The third kappa shape index (κ3) is 2.74. The molecule has 0 saturated carbocycles. The summed E-state index contributed by atoms with van der Waals surface area (Å²) < 4.78 is 16.3. The van der Waals surface area contributed by atoms with E-state index in [1.807, 2.05) is 6.92 Å². The number of nitro groups is 1. The predicted molar refractivity (Wildman–Crippen MR) is 74.7 cm³/mol. The number of non-ortho nitro benzene ring substituents is 1. The van der Waals surface area contributed by atoms with E-state index in [0.29, 0.717) is 17.2 Å². The SMILES string of the molecule is C[C@H](Oc1ccc2c(c1)OCO2)c1cccc([N+](=O)[O-])c1. The van der Waals surface area contributed by atoms with Crippen LogP contribution in [0.4, 0.5) is 5.69 Å². The van der Waals surface area contributed by atoms with Crippen LogP contribution in [-0.2, 0) is 0 Å². The Balaban J connectivity index is 1.78. The Morgan fingerprint density at radius 2 is 2.00 bits per heavy atom. The van der Waals surface area contributed by atoms with Gasteiger partial charge in [-0.05, 0) is 24.6 Å². The van der Waals surface area contributed by atoms with Gasteiger partial charge in [0.15, 0.2) is 11.5 Å². The van der Waals surface area contributed by atoms with E-state index >= 15 is 0 Å².